The van der Waals surface area contributed by atoms with Gasteiger partial charge in [-0.3, -0.25) is 4.79 Å². The van der Waals surface area contributed by atoms with Crippen LogP contribution in [-0.2, 0) is 17.6 Å². The summed E-state index contributed by atoms with van der Waals surface area (Å²) >= 11 is 0. The van der Waals surface area contributed by atoms with Gasteiger partial charge in [0.2, 0.25) is 0 Å². The van der Waals surface area contributed by atoms with Gasteiger partial charge in [-0.25, -0.2) is 0 Å². The van der Waals surface area contributed by atoms with Crippen LogP contribution in [0.1, 0.15) is 50.7 Å². The zero-order valence-corrected chi connectivity index (χ0v) is 12.9. The first-order chi connectivity index (χ1) is 9.70. The van der Waals surface area contributed by atoms with Crippen LogP contribution < -0.4 is 5.32 Å². The van der Waals surface area contributed by atoms with E-state index in [2.05, 4.69) is 43.4 Å². The van der Waals surface area contributed by atoms with Gasteiger partial charge in [0.25, 0.3) is 0 Å². The second kappa shape index (κ2) is 7.03. The van der Waals surface area contributed by atoms with E-state index in [1.165, 1.54) is 5.56 Å². The van der Waals surface area contributed by atoms with E-state index in [9.17, 15) is 4.79 Å². The molecular formula is C18H27NO. The quantitative estimate of drug-likeness (QED) is 0.859. The monoisotopic (exact) mass is 273 g/mol. The Morgan fingerprint density at radius 3 is 2.45 bits per heavy atom. The molecule has 0 aliphatic carbocycles. The van der Waals surface area contributed by atoms with Crippen LogP contribution in [0, 0.1) is 5.41 Å². The molecule has 0 amide bonds. The number of ketones is 1. The van der Waals surface area contributed by atoms with Crippen molar-refractivity contribution in [3.05, 3.63) is 35.4 Å². The molecule has 0 radical (unpaired) electrons. The molecule has 110 valence electrons. The van der Waals surface area contributed by atoms with E-state index >= 15 is 0 Å². The third kappa shape index (κ3) is 3.49. The predicted molar refractivity (Wildman–Crippen MR) is 84.0 cm³/mol. The third-order valence-electron chi connectivity index (χ3n) is 4.59. The number of Topliss-reactive ketones (excluding diaryl/α,β-unsaturated/α-hetero) is 1. The molecule has 1 saturated heterocycles. The smallest absolute Gasteiger partial charge is 0.144 e. The molecule has 0 bridgehead atoms. The molecule has 1 aromatic rings. The van der Waals surface area contributed by atoms with Gasteiger partial charge in [0, 0.05) is 18.4 Å². The highest BCUT2D eigenvalue weighted by Gasteiger charge is 2.37. The molecule has 1 heterocycles. The van der Waals surface area contributed by atoms with Crippen molar-refractivity contribution >= 4 is 5.78 Å². The number of piperidine rings is 1. The second-order valence-electron chi connectivity index (χ2n) is 6.08. The van der Waals surface area contributed by atoms with Crippen LogP contribution in [0.5, 0.6) is 0 Å². The van der Waals surface area contributed by atoms with E-state index in [1.807, 2.05) is 0 Å². The van der Waals surface area contributed by atoms with E-state index in [0.29, 0.717) is 12.2 Å². The Morgan fingerprint density at radius 1 is 1.20 bits per heavy atom. The molecule has 0 saturated carbocycles. The van der Waals surface area contributed by atoms with E-state index in [0.717, 1.165) is 50.8 Å². The summed E-state index contributed by atoms with van der Waals surface area (Å²) in [5.74, 6) is 0.427. The van der Waals surface area contributed by atoms with Crippen LogP contribution in [0.4, 0.5) is 0 Å². The minimum atomic E-state index is -0.115. The highest BCUT2D eigenvalue weighted by molar-refractivity contribution is 5.87. The van der Waals surface area contributed by atoms with Crippen LogP contribution >= 0.6 is 0 Å². The third-order valence-corrected chi connectivity index (χ3v) is 4.59. The van der Waals surface area contributed by atoms with Crippen molar-refractivity contribution in [1.29, 1.82) is 0 Å². The van der Waals surface area contributed by atoms with Gasteiger partial charge in [-0.1, -0.05) is 44.5 Å². The van der Waals surface area contributed by atoms with Crippen molar-refractivity contribution in [2.75, 3.05) is 13.1 Å². The molecule has 1 fully saturated rings. The molecule has 2 nitrogen and oxygen atoms in total. The first-order valence-corrected chi connectivity index (χ1v) is 8.02. The highest BCUT2D eigenvalue weighted by atomic mass is 16.1. The van der Waals surface area contributed by atoms with Crippen molar-refractivity contribution in [2.24, 2.45) is 5.41 Å². The largest absolute Gasteiger partial charge is 0.316 e. The Bertz CT molecular complexity index is 424. The van der Waals surface area contributed by atoms with Crippen LogP contribution in [-0.4, -0.2) is 18.9 Å². The van der Waals surface area contributed by atoms with Crippen LogP contribution in [0.3, 0.4) is 0 Å². The lowest BCUT2D eigenvalue weighted by molar-refractivity contribution is -0.129. The Morgan fingerprint density at radius 2 is 1.90 bits per heavy atom. The summed E-state index contributed by atoms with van der Waals surface area (Å²) in [5.41, 5.74) is 2.38. The van der Waals surface area contributed by atoms with Gasteiger partial charge in [-0.15, -0.1) is 0 Å². The summed E-state index contributed by atoms with van der Waals surface area (Å²) in [4.78, 5) is 12.8. The van der Waals surface area contributed by atoms with Gasteiger partial charge in [0.05, 0.1) is 0 Å². The fourth-order valence-electron chi connectivity index (χ4n) is 3.30. The number of nitrogens with one attached hydrogen (secondary N) is 1. The fraction of sp³-hybridized carbons (Fsp3) is 0.611. The number of carbonyl (C=O) groups excluding carboxylic acids is 1. The van der Waals surface area contributed by atoms with Crippen molar-refractivity contribution in [1.82, 2.24) is 5.32 Å². The van der Waals surface area contributed by atoms with Gasteiger partial charge in [-0.05, 0) is 43.4 Å². The number of hydrogen-bond donors (Lipinski definition) is 1. The van der Waals surface area contributed by atoms with Crippen LogP contribution in [0.25, 0.3) is 0 Å². The molecule has 1 aliphatic heterocycles. The molecule has 1 aliphatic rings. The van der Waals surface area contributed by atoms with Gasteiger partial charge in [0.15, 0.2) is 0 Å². The Balaban J connectivity index is 2.07. The van der Waals surface area contributed by atoms with E-state index in [-0.39, 0.29) is 5.41 Å². The zero-order chi connectivity index (χ0) is 14.4. The molecule has 2 heteroatoms. The van der Waals surface area contributed by atoms with Crippen molar-refractivity contribution in [2.45, 2.75) is 52.4 Å². The summed E-state index contributed by atoms with van der Waals surface area (Å²) in [5, 5.41) is 3.42. The average molecular weight is 273 g/mol. The Labute approximate surface area is 123 Å². The van der Waals surface area contributed by atoms with Gasteiger partial charge in [0.1, 0.15) is 5.78 Å². The van der Waals surface area contributed by atoms with Gasteiger partial charge >= 0.3 is 0 Å². The SMILES string of the molecule is CCCC1(C(=O)Cc2ccc(CC)cc2)CCCNC1. The fourth-order valence-corrected chi connectivity index (χ4v) is 3.30. The minimum Gasteiger partial charge on any atom is -0.316 e. The summed E-state index contributed by atoms with van der Waals surface area (Å²) in [6.07, 6.45) is 5.93. The Kier molecular flexibility index (Phi) is 5.36. The number of aryl methyl sites for hydroxylation is 1. The molecule has 1 aromatic carbocycles. The highest BCUT2D eigenvalue weighted by Crippen LogP contribution is 2.33. The molecule has 0 aromatic heterocycles. The van der Waals surface area contributed by atoms with Crippen LogP contribution in [0.2, 0.25) is 0 Å². The predicted octanol–water partition coefficient (Wildman–Crippen LogP) is 3.53. The summed E-state index contributed by atoms with van der Waals surface area (Å²) in [6.45, 7) is 6.26. The van der Waals surface area contributed by atoms with Gasteiger partial charge in [-0.2, -0.15) is 0 Å². The van der Waals surface area contributed by atoms with E-state index in [1.54, 1.807) is 0 Å². The van der Waals surface area contributed by atoms with Crippen molar-refractivity contribution < 1.29 is 4.79 Å². The molecular weight excluding hydrogens is 246 g/mol. The number of carbonyl (C=O) groups is 1. The molecule has 1 atom stereocenters. The molecule has 1 unspecified atom stereocenters. The van der Waals surface area contributed by atoms with Gasteiger partial charge < -0.3 is 5.32 Å². The topological polar surface area (TPSA) is 29.1 Å². The maximum atomic E-state index is 12.8. The molecule has 2 rings (SSSR count). The zero-order valence-electron chi connectivity index (χ0n) is 12.9. The number of hydrogen-bond acceptors (Lipinski definition) is 2. The van der Waals surface area contributed by atoms with E-state index in [4.69, 9.17) is 0 Å². The maximum Gasteiger partial charge on any atom is 0.144 e. The first-order valence-electron chi connectivity index (χ1n) is 8.02. The number of rotatable bonds is 6. The lowest BCUT2D eigenvalue weighted by Crippen LogP contribution is -2.46. The summed E-state index contributed by atoms with van der Waals surface area (Å²) in [6, 6.07) is 8.53. The number of benzene rings is 1. The molecule has 1 N–H and O–H groups in total. The lowest BCUT2D eigenvalue weighted by atomic mass is 9.72. The standard InChI is InChI=1S/C18H27NO/c1-3-10-18(11-5-12-19-14-18)17(20)13-16-8-6-15(4-2)7-9-16/h6-9,19H,3-5,10-14H2,1-2H3. The van der Waals surface area contributed by atoms with Crippen LogP contribution in [0.15, 0.2) is 24.3 Å². The summed E-state index contributed by atoms with van der Waals surface area (Å²) in [7, 11) is 0. The first kappa shape index (κ1) is 15.2. The minimum absolute atomic E-state index is 0.115. The van der Waals surface area contributed by atoms with E-state index < -0.39 is 0 Å². The second-order valence-corrected chi connectivity index (χ2v) is 6.08. The molecule has 0 spiro atoms. The Hall–Kier alpha value is -1.15. The van der Waals surface area contributed by atoms with Crippen molar-refractivity contribution in [3.8, 4) is 0 Å². The lowest BCUT2D eigenvalue weighted by Gasteiger charge is -2.36. The van der Waals surface area contributed by atoms with Crippen molar-refractivity contribution in [3.63, 3.8) is 0 Å². The normalized spacial score (nSPS) is 22.7. The average Bonchev–Trinajstić information content (AvgIpc) is 2.49. The summed E-state index contributed by atoms with van der Waals surface area (Å²) < 4.78 is 0. The maximum absolute atomic E-state index is 12.8. The molecule has 20 heavy (non-hydrogen) atoms.